The number of aromatic nitrogens is 2. The first-order valence-electron chi connectivity index (χ1n) is 7.55. The maximum atomic E-state index is 12.2. The van der Waals surface area contributed by atoms with Gasteiger partial charge in [-0.3, -0.25) is 4.79 Å². The molecule has 0 radical (unpaired) electrons. The summed E-state index contributed by atoms with van der Waals surface area (Å²) in [6.45, 7) is 1.89. The van der Waals surface area contributed by atoms with Crippen molar-refractivity contribution >= 4 is 15.7 Å². The summed E-state index contributed by atoms with van der Waals surface area (Å²) in [4.78, 5) is 12.2. The third-order valence-corrected chi connectivity index (χ3v) is 5.89. The molecule has 1 N–H and O–H groups in total. The van der Waals surface area contributed by atoms with Crippen LogP contribution in [0.2, 0.25) is 0 Å². The molecule has 1 aromatic heterocycles. The molecule has 1 fully saturated rings. The van der Waals surface area contributed by atoms with Crippen LogP contribution in [-0.2, 0) is 14.6 Å². The van der Waals surface area contributed by atoms with Gasteiger partial charge in [0.25, 0.3) is 0 Å². The summed E-state index contributed by atoms with van der Waals surface area (Å²) in [5, 5.41) is 7.07. The van der Waals surface area contributed by atoms with Gasteiger partial charge < -0.3 is 5.32 Å². The van der Waals surface area contributed by atoms with Crippen LogP contribution in [0, 0.1) is 5.92 Å². The molecular formula is C16H19N3O3S. The van der Waals surface area contributed by atoms with Crippen LogP contribution in [0.1, 0.15) is 24.9 Å². The average molecular weight is 333 g/mol. The molecule has 1 saturated heterocycles. The monoisotopic (exact) mass is 333 g/mol. The number of rotatable bonds is 4. The molecule has 23 heavy (non-hydrogen) atoms. The van der Waals surface area contributed by atoms with E-state index >= 15 is 0 Å². The minimum Gasteiger partial charge on any atom is -0.349 e. The second-order valence-corrected chi connectivity index (χ2v) is 8.10. The lowest BCUT2D eigenvalue weighted by molar-refractivity contribution is -0.124. The molecule has 0 spiro atoms. The number of benzene rings is 1. The number of carbonyl (C=O) groups is 1. The lowest BCUT2D eigenvalue weighted by Crippen LogP contribution is -2.33. The smallest absolute Gasteiger partial charge is 0.224 e. The van der Waals surface area contributed by atoms with Crippen LogP contribution in [0.15, 0.2) is 42.7 Å². The van der Waals surface area contributed by atoms with E-state index in [4.69, 9.17) is 0 Å². The Balaban J connectivity index is 1.64. The number of nitrogens with zero attached hydrogens (tertiary/aromatic N) is 2. The highest BCUT2D eigenvalue weighted by atomic mass is 32.2. The molecule has 1 aliphatic rings. The molecule has 2 heterocycles. The zero-order chi connectivity index (χ0) is 16.4. The van der Waals surface area contributed by atoms with Gasteiger partial charge in [-0.15, -0.1) is 0 Å². The Morgan fingerprint density at radius 3 is 2.65 bits per heavy atom. The number of sulfone groups is 1. The van der Waals surface area contributed by atoms with E-state index in [0.29, 0.717) is 6.42 Å². The van der Waals surface area contributed by atoms with E-state index in [-0.39, 0.29) is 23.5 Å². The number of hydrogen-bond acceptors (Lipinski definition) is 4. The molecule has 2 atom stereocenters. The van der Waals surface area contributed by atoms with E-state index in [0.717, 1.165) is 11.3 Å². The van der Waals surface area contributed by atoms with E-state index in [2.05, 4.69) is 10.4 Å². The first kappa shape index (κ1) is 15.7. The number of nitrogens with one attached hydrogen (secondary N) is 1. The summed E-state index contributed by atoms with van der Waals surface area (Å²) < 4.78 is 24.7. The summed E-state index contributed by atoms with van der Waals surface area (Å²) in [5.74, 6) is -0.539. The van der Waals surface area contributed by atoms with Crippen molar-refractivity contribution in [2.75, 3.05) is 11.5 Å². The van der Waals surface area contributed by atoms with Crippen LogP contribution in [0.4, 0.5) is 0 Å². The molecule has 1 amide bonds. The van der Waals surface area contributed by atoms with Crippen molar-refractivity contribution in [2.45, 2.75) is 19.4 Å². The Kier molecular flexibility index (Phi) is 4.21. The Labute approximate surface area is 135 Å². The summed E-state index contributed by atoms with van der Waals surface area (Å²) in [6.07, 6.45) is 3.99. The summed E-state index contributed by atoms with van der Waals surface area (Å²) >= 11 is 0. The SMILES string of the molecule is C[C@H](NC(=O)[C@@H]1CCS(=O)(=O)C1)c1ccc(-n2cccn2)cc1. The Morgan fingerprint density at radius 2 is 2.09 bits per heavy atom. The van der Waals surface area contributed by atoms with E-state index < -0.39 is 15.8 Å². The molecule has 122 valence electrons. The maximum Gasteiger partial charge on any atom is 0.224 e. The number of hydrogen-bond donors (Lipinski definition) is 1. The predicted molar refractivity (Wildman–Crippen MR) is 86.9 cm³/mol. The van der Waals surface area contributed by atoms with Gasteiger partial charge in [-0.2, -0.15) is 5.10 Å². The lowest BCUT2D eigenvalue weighted by Gasteiger charge is -2.17. The normalized spacial score (nSPS) is 21.0. The van der Waals surface area contributed by atoms with Crippen molar-refractivity contribution in [3.05, 3.63) is 48.3 Å². The standard InChI is InChI=1S/C16H19N3O3S/c1-12(18-16(20)14-7-10-23(21,22)11-14)13-3-5-15(6-4-13)19-9-2-8-17-19/h2-6,8-9,12,14H,7,10-11H2,1H3,(H,18,20)/t12-,14+/m0/s1. The molecule has 1 aromatic carbocycles. The number of amides is 1. The summed E-state index contributed by atoms with van der Waals surface area (Å²) in [5.41, 5.74) is 1.91. The highest BCUT2D eigenvalue weighted by molar-refractivity contribution is 7.91. The molecule has 3 rings (SSSR count). The third kappa shape index (κ3) is 3.61. The zero-order valence-corrected chi connectivity index (χ0v) is 13.7. The van der Waals surface area contributed by atoms with Crippen LogP contribution >= 0.6 is 0 Å². The fourth-order valence-corrected chi connectivity index (χ4v) is 4.50. The highest BCUT2D eigenvalue weighted by Gasteiger charge is 2.33. The molecule has 6 nitrogen and oxygen atoms in total. The predicted octanol–water partition coefficient (Wildman–Crippen LogP) is 1.48. The Bertz CT molecular complexity index is 782. The van der Waals surface area contributed by atoms with Crippen LogP contribution in [-0.4, -0.2) is 35.6 Å². The van der Waals surface area contributed by atoms with Gasteiger partial charge in [-0.25, -0.2) is 13.1 Å². The van der Waals surface area contributed by atoms with Gasteiger partial charge in [0, 0.05) is 12.4 Å². The van der Waals surface area contributed by atoms with Gasteiger partial charge in [-0.05, 0) is 37.1 Å². The Hall–Kier alpha value is -2.15. The second-order valence-electron chi connectivity index (χ2n) is 5.87. The zero-order valence-electron chi connectivity index (χ0n) is 12.8. The molecule has 0 bridgehead atoms. The van der Waals surface area contributed by atoms with E-state index in [1.807, 2.05) is 43.5 Å². The van der Waals surface area contributed by atoms with Gasteiger partial charge in [0.1, 0.15) is 0 Å². The van der Waals surface area contributed by atoms with E-state index in [1.165, 1.54) is 0 Å². The topological polar surface area (TPSA) is 81.1 Å². The fraction of sp³-hybridized carbons (Fsp3) is 0.375. The van der Waals surface area contributed by atoms with Gasteiger partial charge in [0.05, 0.1) is 29.2 Å². The fourth-order valence-electron chi connectivity index (χ4n) is 2.75. The van der Waals surface area contributed by atoms with Crippen molar-refractivity contribution in [3.63, 3.8) is 0 Å². The summed E-state index contributed by atoms with van der Waals surface area (Å²) in [6, 6.07) is 9.43. The number of carbonyl (C=O) groups excluding carboxylic acids is 1. The van der Waals surface area contributed by atoms with Crippen molar-refractivity contribution < 1.29 is 13.2 Å². The van der Waals surface area contributed by atoms with Crippen molar-refractivity contribution in [2.24, 2.45) is 5.92 Å². The molecular weight excluding hydrogens is 314 g/mol. The van der Waals surface area contributed by atoms with Gasteiger partial charge in [0.15, 0.2) is 9.84 Å². The van der Waals surface area contributed by atoms with Gasteiger partial charge in [-0.1, -0.05) is 12.1 Å². The van der Waals surface area contributed by atoms with Crippen LogP contribution < -0.4 is 5.32 Å². The minimum absolute atomic E-state index is 0.0379. The first-order valence-corrected chi connectivity index (χ1v) is 9.37. The molecule has 1 aliphatic heterocycles. The van der Waals surface area contributed by atoms with Crippen LogP contribution in [0.25, 0.3) is 5.69 Å². The third-order valence-electron chi connectivity index (χ3n) is 4.12. The minimum atomic E-state index is -3.04. The van der Waals surface area contributed by atoms with Gasteiger partial charge in [0.2, 0.25) is 5.91 Å². The first-order chi connectivity index (χ1) is 10.9. The molecule has 0 unspecified atom stereocenters. The van der Waals surface area contributed by atoms with Crippen molar-refractivity contribution in [1.29, 1.82) is 0 Å². The second kappa shape index (κ2) is 6.16. The van der Waals surface area contributed by atoms with Crippen LogP contribution in [0.3, 0.4) is 0 Å². The molecule has 2 aromatic rings. The highest BCUT2D eigenvalue weighted by Crippen LogP contribution is 2.21. The average Bonchev–Trinajstić information content (AvgIpc) is 3.16. The van der Waals surface area contributed by atoms with Gasteiger partial charge >= 0.3 is 0 Å². The molecule has 0 aliphatic carbocycles. The van der Waals surface area contributed by atoms with E-state index in [1.54, 1.807) is 10.9 Å². The summed E-state index contributed by atoms with van der Waals surface area (Å²) in [7, 11) is -3.04. The van der Waals surface area contributed by atoms with Crippen molar-refractivity contribution in [1.82, 2.24) is 15.1 Å². The maximum absolute atomic E-state index is 12.2. The van der Waals surface area contributed by atoms with Crippen molar-refractivity contribution in [3.8, 4) is 5.69 Å². The largest absolute Gasteiger partial charge is 0.349 e. The quantitative estimate of drug-likeness (QED) is 0.919. The lowest BCUT2D eigenvalue weighted by atomic mass is 10.0. The Morgan fingerprint density at radius 1 is 1.35 bits per heavy atom. The molecule has 0 saturated carbocycles. The van der Waals surface area contributed by atoms with E-state index in [9.17, 15) is 13.2 Å². The molecule has 7 heteroatoms. The van der Waals surface area contributed by atoms with Crippen LogP contribution in [0.5, 0.6) is 0 Å².